The molecule has 0 unspecified atom stereocenters. The Hall–Kier alpha value is -3.41. The van der Waals surface area contributed by atoms with Gasteiger partial charge in [-0.2, -0.15) is 12.7 Å². The number of para-hydroxylation sites is 2. The van der Waals surface area contributed by atoms with Gasteiger partial charge in [0.1, 0.15) is 6.54 Å². The number of hydrogen-bond donors (Lipinski definition) is 2. The highest BCUT2D eigenvalue weighted by Crippen LogP contribution is 2.24. The summed E-state index contributed by atoms with van der Waals surface area (Å²) in [7, 11) is -5.00. The summed E-state index contributed by atoms with van der Waals surface area (Å²) in [5.41, 5.74) is 2.79. The first-order valence-electron chi connectivity index (χ1n) is 10.7. The summed E-state index contributed by atoms with van der Waals surface area (Å²) in [6.45, 7) is 3.18. The van der Waals surface area contributed by atoms with E-state index in [0.29, 0.717) is 17.1 Å². The van der Waals surface area contributed by atoms with Gasteiger partial charge in [0, 0.05) is 19.8 Å². The number of carbonyl (C=O) groups excluding carboxylic acids is 1. The predicted octanol–water partition coefficient (Wildman–Crippen LogP) is 3.36. The van der Waals surface area contributed by atoms with E-state index in [2.05, 4.69) is 10.0 Å². The number of anilines is 3. The van der Waals surface area contributed by atoms with E-state index in [9.17, 15) is 21.6 Å². The Morgan fingerprint density at radius 1 is 0.800 bits per heavy atom. The Balaban J connectivity index is 1.76. The molecule has 0 aliphatic rings. The number of sulfonamides is 1. The highest BCUT2D eigenvalue weighted by molar-refractivity contribution is 7.92. The molecule has 3 rings (SSSR count). The second kappa shape index (κ2) is 10.5. The number of nitrogens with zero attached hydrogens (tertiary/aromatic N) is 2. The fourth-order valence-electron chi connectivity index (χ4n) is 3.31. The van der Waals surface area contributed by atoms with E-state index < -0.39 is 32.7 Å². The molecule has 0 saturated heterocycles. The van der Waals surface area contributed by atoms with E-state index in [1.54, 1.807) is 30.3 Å². The second-order valence-corrected chi connectivity index (χ2v) is 11.8. The normalized spacial score (nSPS) is 11.8. The molecule has 0 aliphatic heterocycles. The summed E-state index contributed by atoms with van der Waals surface area (Å²) in [6.07, 6.45) is 0. The summed E-state index contributed by atoms with van der Waals surface area (Å²) in [5, 5.41) is 2.62. The molecule has 1 amide bonds. The van der Waals surface area contributed by atoms with Crippen LogP contribution in [0.25, 0.3) is 0 Å². The SMILES string of the molecule is Cc1cccc(C)c1NS(=O)(=O)c1ccc(NC(=O)CN(c2ccccc2)S(=O)(=O)N(C)C)cc1. The van der Waals surface area contributed by atoms with Crippen LogP contribution in [-0.4, -0.2) is 47.7 Å². The van der Waals surface area contributed by atoms with Crippen LogP contribution in [0.5, 0.6) is 0 Å². The van der Waals surface area contributed by atoms with Crippen LogP contribution in [0.4, 0.5) is 17.1 Å². The largest absolute Gasteiger partial charge is 0.325 e. The zero-order valence-corrected chi connectivity index (χ0v) is 21.5. The number of rotatable bonds is 9. The number of amides is 1. The average Bonchev–Trinajstić information content (AvgIpc) is 2.81. The molecule has 35 heavy (non-hydrogen) atoms. The molecule has 0 aromatic heterocycles. The van der Waals surface area contributed by atoms with Crippen LogP contribution < -0.4 is 14.3 Å². The van der Waals surface area contributed by atoms with Crippen molar-refractivity contribution in [3.8, 4) is 0 Å². The molecule has 0 aliphatic carbocycles. The van der Waals surface area contributed by atoms with Crippen LogP contribution in [0.2, 0.25) is 0 Å². The van der Waals surface area contributed by atoms with Gasteiger partial charge in [0.15, 0.2) is 0 Å². The highest BCUT2D eigenvalue weighted by Gasteiger charge is 2.27. The van der Waals surface area contributed by atoms with Crippen molar-refractivity contribution in [2.24, 2.45) is 0 Å². The second-order valence-electron chi connectivity index (χ2n) is 8.08. The fourth-order valence-corrected chi connectivity index (χ4v) is 5.58. The lowest BCUT2D eigenvalue weighted by atomic mass is 10.1. The van der Waals surface area contributed by atoms with E-state index in [1.165, 1.54) is 38.4 Å². The molecule has 0 saturated carbocycles. The monoisotopic (exact) mass is 516 g/mol. The quantitative estimate of drug-likeness (QED) is 0.453. The molecule has 0 fully saturated rings. The molecule has 9 nitrogen and oxygen atoms in total. The van der Waals surface area contributed by atoms with Crippen LogP contribution >= 0.6 is 0 Å². The van der Waals surface area contributed by atoms with Crippen LogP contribution in [0.3, 0.4) is 0 Å². The van der Waals surface area contributed by atoms with Crippen molar-refractivity contribution in [1.29, 1.82) is 0 Å². The summed E-state index contributed by atoms with van der Waals surface area (Å²) in [5.74, 6) is -0.580. The Morgan fingerprint density at radius 2 is 1.37 bits per heavy atom. The van der Waals surface area contributed by atoms with Gasteiger partial charge in [0.25, 0.3) is 10.0 Å². The summed E-state index contributed by atoms with van der Waals surface area (Å²) < 4.78 is 55.8. The smallest absolute Gasteiger partial charge is 0.304 e. The highest BCUT2D eigenvalue weighted by atomic mass is 32.2. The zero-order chi connectivity index (χ0) is 25.8. The minimum absolute atomic E-state index is 0.0271. The number of nitrogens with one attached hydrogen (secondary N) is 2. The number of hydrogen-bond acceptors (Lipinski definition) is 5. The Labute approximate surface area is 206 Å². The van der Waals surface area contributed by atoms with Crippen molar-refractivity contribution in [3.63, 3.8) is 0 Å². The molecule has 0 spiro atoms. The van der Waals surface area contributed by atoms with Gasteiger partial charge in [-0.25, -0.2) is 12.7 Å². The van der Waals surface area contributed by atoms with Gasteiger partial charge < -0.3 is 5.32 Å². The lowest BCUT2D eigenvalue weighted by Crippen LogP contribution is -2.44. The maximum atomic E-state index is 12.8. The lowest BCUT2D eigenvalue weighted by Gasteiger charge is -2.26. The molecule has 186 valence electrons. The third-order valence-electron chi connectivity index (χ3n) is 5.24. The molecule has 0 atom stereocenters. The predicted molar refractivity (Wildman–Crippen MR) is 138 cm³/mol. The molecule has 11 heteroatoms. The first kappa shape index (κ1) is 26.2. The summed E-state index contributed by atoms with van der Waals surface area (Å²) in [6, 6.07) is 19.4. The molecular weight excluding hydrogens is 488 g/mol. The van der Waals surface area contributed by atoms with Crippen molar-refractivity contribution in [3.05, 3.63) is 83.9 Å². The first-order valence-corrected chi connectivity index (χ1v) is 13.5. The van der Waals surface area contributed by atoms with E-state index in [1.807, 2.05) is 32.0 Å². The maximum absolute atomic E-state index is 12.8. The molecule has 2 N–H and O–H groups in total. The summed E-state index contributed by atoms with van der Waals surface area (Å²) >= 11 is 0. The third-order valence-corrected chi connectivity index (χ3v) is 8.42. The van der Waals surface area contributed by atoms with Gasteiger partial charge in [-0.3, -0.25) is 9.52 Å². The van der Waals surface area contributed by atoms with Crippen LogP contribution in [0, 0.1) is 13.8 Å². The van der Waals surface area contributed by atoms with Gasteiger partial charge >= 0.3 is 10.2 Å². The van der Waals surface area contributed by atoms with Crippen molar-refractivity contribution in [1.82, 2.24) is 4.31 Å². The Kier molecular flexibility index (Phi) is 7.83. The third kappa shape index (κ3) is 6.18. The standard InChI is InChI=1S/C24H28N4O5S2/c1-18-9-8-10-19(2)24(18)26-34(30,31)22-15-13-20(14-16-22)25-23(29)17-28(35(32,33)27(3)4)21-11-6-5-7-12-21/h5-16,26H,17H2,1-4H3,(H,25,29). The minimum atomic E-state index is -3.92. The number of benzene rings is 3. The van der Waals surface area contributed by atoms with Crippen molar-refractivity contribution in [2.75, 3.05) is 35.0 Å². The average molecular weight is 517 g/mol. The number of carbonyl (C=O) groups is 1. The number of aryl methyl sites for hydroxylation is 2. The molecule has 3 aromatic rings. The topological polar surface area (TPSA) is 116 Å². The van der Waals surface area contributed by atoms with E-state index in [4.69, 9.17) is 0 Å². The van der Waals surface area contributed by atoms with Crippen LogP contribution in [0.15, 0.2) is 77.7 Å². The summed E-state index contributed by atoms with van der Waals surface area (Å²) in [4.78, 5) is 12.7. The van der Waals surface area contributed by atoms with Gasteiger partial charge in [-0.15, -0.1) is 0 Å². The molecule has 0 radical (unpaired) electrons. The molecule has 0 heterocycles. The zero-order valence-electron chi connectivity index (χ0n) is 19.9. The van der Waals surface area contributed by atoms with Crippen molar-refractivity contribution in [2.45, 2.75) is 18.7 Å². The molecule has 0 bridgehead atoms. The van der Waals surface area contributed by atoms with Gasteiger partial charge in [0.05, 0.1) is 16.3 Å². The van der Waals surface area contributed by atoms with E-state index in [-0.39, 0.29) is 4.90 Å². The van der Waals surface area contributed by atoms with Gasteiger partial charge in [0.2, 0.25) is 5.91 Å². The lowest BCUT2D eigenvalue weighted by molar-refractivity contribution is -0.114. The Morgan fingerprint density at radius 3 is 1.91 bits per heavy atom. The van der Waals surface area contributed by atoms with Crippen LogP contribution in [0.1, 0.15) is 11.1 Å². The van der Waals surface area contributed by atoms with Crippen molar-refractivity contribution < 1.29 is 21.6 Å². The first-order chi connectivity index (χ1) is 16.4. The van der Waals surface area contributed by atoms with E-state index in [0.717, 1.165) is 19.7 Å². The van der Waals surface area contributed by atoms with Crippen molar-refractivity contribution >= 4 is 43.2 Å². The van der Waals surface area contributed by atoms with Gasteiger partial charge in [-0.05, 0) is 61.4 Å². The van der Waals surface area contributed by atoms with Crippen LogP contribution in [-0.2, 0) is 25.0 Å². The molecular formula is C24H28N4O5S2. The fraction of sp³-hybridized carbons (Fsp3) is 0.208. The van der Waals surface area contributed by atoms with Gasteiger partial charge in [-0.1, -0.05) is 36.4 Å². The minimum Gasteiger partial charge on any atom is -0.325 e. The Bertz CT molecular complexity index is 1390. The molecule has 3 aromatic carbocycles. The maximum Gasteiger partial charge on any atom is 0.304 e. The van der Waals surface area contributed by atoms with E-state index >= 15 is 0 Å².